The molecular formula is C15H14FN5O. The van der Waals surface area contributed by atoms with Crippen molar-refractivity contribution >= 4 is 11.7 Å². The van der Waals surface area contributed by atoms with Crippen LogP contribution in [0, 0.1) is 12.7 Å². The van der Waals surface area contributed by atoms with Crippen LogP contribution in [0.1, 0.15) is 11.4 Å². The second-order valence-corrected chi connectivity index (χ2v) is 4.89. The van der Waals surface area contributed by atoms with Crippen LogP contribution < -0.4 is 5.32 Å². The summed E-state index contributed by atoms with van der Waals surface area (Å²) in [6.45, 7) is 1.85. The number of H-pyrrole nitrogens is 1. The highest BCUT2D eigenvalue weighted by Gasteiger charge is 2.09. The van der Waals surface area contributed by atoms with Gasteiger partial charge in [0.1, 0.15) is 5.82 Å². The molecule has 0 saturated heterocycles. The smallest absolute Gasteiger partial charge is 0.231 e. The fourth-order valence-electron chi connectivity index (χ4n) is 2.03. The molecule has 0 fully saturated rings. The number of benzene rings is 1. The third-order valence-electron chi connectivity index (χ3n) is 3.05. The minimum absolute atomic E-state index is 0.139. The zero-order valence-corrected chi connectivity index (χ0v) is 11.9. The monoisotopic (exact) mass is 299 g/mol. The van der Waals surface area contributed by atoms with Crippen molar-refractivity contribution < 1.29 is 9.18 Å². The zero-order chi connectivity index (χ0) is 15.5. The minimum atomic E-state index is -0.301. The molecule has 2 aromatic heterocycles. The van der Waals surface area contributed by atoms with Crippen molar-refractivity contribution in [2.75, 3.05) is 5.32 Å². The molecule has 0 saturated carbocycles. The molecule has 0 aliphatic heterocycles. The number of aryl methyl sites for hydroxylation is 1. The Balaban J connectivity index is 1.66. The molecule has 1 amide bonds. The Kier molecular flexibility index (Phi) is 3.69. The van der Waals surface area contributed by atoms with Gasteiger partial charge in [-0.3, -0.25) is 9.89 Å². The molecule has 112 valence electrons. The van der Waals surface area contributed by atoms with Crippen LogP contribution in [-0.2, 0) is 11.2 Å². The van der Waals surface area contributed by atoms with Gasteiger partial charge in [0.25, 0.3) is 0 Å². The number of aromatic nitrogens is 4. The molecule has 0 aliphatic carbocycles. The lowest BCUT2D eigenvalue weighted by atomic mass is 10.3. The van der Waals surface area contributed by atoms with Gasteiger partial charge in [0, 0.05) is 18.0 Å². The van der Waals surface area contributed by atoms with Gasteiger partial charge in [0.15, 0.2) is 5.82 Å². The van der Waals surface area contributed by atoms with E-state index in [1.54, 1.807) is 35.1 Å². The number of anilines is 1. The standard InChI is InChI=1S/C15H14FN5O/c1-10-8-14(19-18-10)17-15(22)9-12-6-7-21(20-12)13-4-2-11(16)3-5-13/h2-8H,9H2,1H3,(H2,17,18,19,22). The number of aromatic amines is 1. The lowest BCUT2D eigenvalue weighted by molar-refractivity contribution is -0.115. The Morgan fingerprint density at radius 2 is 2.09 bits per heavy atom. The number of nitrogens with zero attached hydrogens (tertiary/aromatic N) is 3. The van der Waals surface area contributed by atoms with E-state index < -0.39 is 0 Å². The van der Waals surface area contributed by atoms with Gasteiger partial charge in [-0.2, -0.15) is 10.2 Å². The zero-order valence-electron chi connectivity index (χ0n) is 11.9. The van der Waals surface area contributed by atoms with Crippen LogP contribution in [-0.4, -0.2) is 25.9 Å². The first-order valence-corrected chi connectivity index (χ1v) is 6.72. The Labute approximate surface area is 126 Å². The summed E-state index contributed by atoms with van der Waals surface area (Å²) in [6, 6.07) is 9.47. The van der Waals surface area contributed by atoms with E-state index in [1.165, 1.54) is 12.1 Å². The quantitative estimate of drug-likeness (QED) is 0.775. The molecule has 0 atom stereocenters. The summed E-state index contributed by atoms with van der Waals surface area (Å²) in [4.78, 5) is 11.9. The number of hydrogen-bond acceptors (Lipinski definition) is 3. The van der Waals surface area contributed by atoms with E-state index in [2.05, 4.69) is 20.6 Å². The maximum atomic E-state index is 12.9. The van der Waals surface area contributed by atoms with Crippen LogP contribution in [0.25, 0.3) is 5.69 Å². The molecule has 1 aromatic carbocycles. The predicted octanol–water partition coefficient (Wildman–Crippen LogP) is 2.22. The first kappa shape index (κ1) is 14.0. The van der Waals surface area contributed by atoms with E-state index >= 15 is 0 Å². The molecule has 0 bridgehead atoms. The number of nitrogens with one attached hydrogen (secondary N) is 2. The molecule has 3 aromatic rings. The van der Waals surface area contributed by atoms with Crippen molar-refractivity contribution in [3.8, 4) is 5.69 Å². The van der Waals surface area contributed by atoms with Crippen LogP contribution in [0.2, 0.25) is 0 Å². The Morgan fingerprint density at radius 3 is 2.77 bits per heavy atom. The van der Waals surface area contributed by atoms with Crippen molar-refractivity contribution in [2.45, 2.75) is 13.3 Å². The van der Waals surface area contributed by atoms with Gasteiger partial charge in [0.2, 0.25) is 5.91 Å². The summed E-state index contributed by atoms with van der Waals surface area (Å²) in [7, 11) is 0. The minimum Gasteiger partial charge on any atom is -0.309 e. The lowest BCUT2D eigenvalue weighted by Crippen LogP contribution is -2.15. The van der Waals surface area contributed by atoms with Crippen molar-refractivity contribution in [3.63, 3.8) is 0 Å². The van der Waals surface area contributed by atoms with Gasteiger partial charge in [-0.25, -0.2) is 9.07 Å². The third kappa shape index (κ3) is 3.20. The molecule has 0 spiro atoms. The van der Waals surface area contributed by atoms with Gasteiger partial charge < -0.3 is 5.32 Å². The number of carbonyl (C=O) groups excluding carboxylic acids is 1. The van der Waals surface area contributed by atoms with Gasteiger partial charge in [-0.15, -0.1) is 0 Å². The van der Waals surface area contributed by atoms with Crippen molar-refractivity contribution in [3.05, 3.63) is 59.8 Å². The molecule has 0 aliphatic rings. The second-order valence-electron chi connectivity index (χ2n) is 4.89. The maximum absolute atomic E-state index is 12.9. The fraction of sp³-hybridized carbons (Fsp3) is 0.133. The van der Waals surface area contributed by atoms with E-state index in [0.717, 1.165) is 11.4 Å². The Hall–Kier alpha value is -2.96. The van der Waals surface area contributed by atoms with Crippen LogP contribution >= 0.6 is 0 Å². The number of halogens is 1. The van der Waals surface area contributed by atoms with Crippen LogP contribution in [0.4, 0.5) is 10.2 Å². The highest BCUT2D eigenvalue weighted by Crippen LogP contribution is 2.10. The number of carbonyl (C=O) groups is 1. The van der Waals surface area contributed by atoms with Gasteiger partial charge >= 0.3 is 0 Å². The molecule has 0 unspecified atom stereocenters. The molecule has 2 N–H and O–H groups in total. The summed E-state index contributed by atoms with van der Waals surface area (Å²) < 4.78 is 14.5. The van der Waals surface area contributed by atoms with Gasteiger partial charge in [-0.05, 0) is 37.3 Å². The molecular weight excluding hydrogens is 285 g/mol. The van der Waals surface area contributed by atoms with Crippen molar-refractivity contribution in [1.29, 1.82) is 0 Å². The van der Waals surface area contributed by atoms with E-state index in [-0.39, 0.29) is 18.1 Å². The highest BCUT2D eigenvalue weighted by atomic mass is 19.1. The predicted molar refractivity (Wildman–Crippen MR) is 79.2 cm³/mol. The summed E-state index contributed by atoms with van der Waals surface area (Å²) in [5.74, 6) is -0.0128. The highest BCUT2D eigenvalue weighted by molar-refractivity contribution is 5.91. The number of hydrogen-bond donors (Lipinski definition) is 2. The first-order valence-electron chi connectivity index (χ1n) is 6.72. The van der Waals surface area contributed by atoms with E-state index in [4.69, 9.17) is 0 Å². The molecule has 3 rings (SSSR count). The molecule has 0 radical (unpaired) electrons. The average Bonchev–Trinajstić information content (AvgIpc) is 3.09. The molecule has 2 heterocycles. The number of amides is 1. The normalized spacial score (nSPS) is 10.6. The van der Waals surface area contributed by atoms with Gasteiger partial charge in [-0.1, -0.05) is 0 Å². The molecule has 22 heavy (non-hydrogen) atoms. The van der Waals surface area contributed by atoms with E-state index in [0.29, 0.717) is 11.5 Å². The van der Waals surface area contributed by atoms with Crippen LogP contribution in [0.5, 0.6) is 0 Å². The Bertz CT molecular complexity index is 790. The van der Waals surface area contributed by atoms with Crippen LogP contribution in [0.15, 0.2) is 42.6 Å². The van der Waals surface area contributed by atoms with E-state index in [9.17, 15) is 9.18 Å². The summed E-state index contributed by atoms with van der Waals surface area (Å²) >= 11 is 0. The van der Waals surface area contributed by atoms with Crippen molar-refractivity contribution in [1.82, 2.24) is 20.0 Å². The number of rotatable bonds is 4. The average molecular weight is 299 g/mol. The van der Waals surface area contributed by atoms with Gasteiger partial charge in [0.05, 0.1) is 17.8 Å². The fourth-order valence-corrected chi connectivity index (χ4v) is 2.03. The molecule has 6 nitrogen and oxygen atoms in total. The van der Waals surface area contributed by atoms with Crippen LogP contribution in [0.3, 0.4) is 0 Å². The summed E-state index contributed by atoms with van der Waals surface area (Å²) in [5.41, 5.74) is 2.22. The van der Waals surface area contributed by atoms with E-state index in [1.807, 2.05) is 6.92 Å². The molecule has 7 heteroatoms. The first-order chi connectivity index (χ1) is 10.6. The maximum Gasteiger partial charge on any atom is 0.231 e. The third-order valence-corrected chi connectivity index (χ3v) is 3.05. The van der Waals surface area contributed by atoms with Crippen molar-refractivity contribution in [2.24, 2.45) is 0 Å². The topological polar surface area (TPSA) is 75.6 Å². The lowest BCUT2D eigenvalue weighted by Gasteiger charge is -2.01. The summed E-state index contributed by atoms with van der Waals surface area (Å²) in [5, 5.41) is 13.7. The SMILES string of the molecule is Cc1cc(NC(=O)Cc2ccn(-c3ccc(F)cc3)n2)n[nH]1. The Morgan fingerprint density at radius 1 is 1.32 bits per heavy atom. The largest absolute Gasteiger partial charge is 0.309 e. The summed E-state index contributed by atoms with van der Waals surface area (Å²) in [6.07, 6.45) is 1.87. The second kappa shape index (κ2) is 5.80.